The Hall–Kier alpha value is -1.55. The Morgan fingerprint density at radius 1 is 1.44 bits per heavy atom. The number of ether oxygens (including phenoxy) is 1. The highest BCUT2D eigenvalue weighted by Gasteiger charge is 2.06. The van der Waals surface area contributed by atoms with Gasteiger partial charge in [0.15, 0.2) is 11.5 Å². The summed E-state index contributed by atoms with van der Waals surface area (Å²) in [5.41, 5.74) is 0.988. The van der Waals surface area contributed by atoms with Gasteiger partial charge < -0.3 is 15.2 Å². The fraction of sp³-hybridized carbons (Fsp3) is 0.500. The van der Waals surface area contributed by atoms with Gasteiger partial charge in [0.2, 0.25) is 0 Å². The maximum atomic E-state index is 11.6. The van der Waals surface area contributed by atoms with E-state index in [4.69, 9.17) is 4.74 Å². The fourth-order valence-corrected chi connectivity index (χ4v) is 1.57. The third-order valence-electron chi connectivity index (χ3n) is 2.64. The number of hydrogen-bond acceptors (Lipinski definition) is 4. The highest BCUT2D eigenvalue weighted by Crippen LogP contribution is 2.26. The molecule has 4 heteroatoms. The SMILES string of the molecule is COc1cc(CCC(=O)CNC(C)C)ccc1O. The van der Waals surface area contributed by atoms with E-state index in [1.54, 1.807) is 18.2 Å². The zero-order valence-electron chi connectivity index (χ0n) is 11.2. The van der Waals surface area contributed by atoms with Crippen LogP contribution in [-0.4, -0.2) is 30.6 Å². The van der Waals surface area contributed by atoms with E-state index in [0.29, 0.717) is 31.2 Å². The number of carbonyl (C=O) groups excluding carboxylic acids is 1. The summed E-state index contributed by atoms with van der Waals surface area (Å²) in [6, 6.07) is 5.48. The number of rotatable bonds is 7. The molecule has 1 rings (SSSR count). The normalized spacial score (nSPS) is 10.7. The molecule has 4 nitrogen and oxygen atoms in total. The number of hydrogen-bond donors (Lipinski definition) is 2. The van der Waals surface area contributed by atoms with Crippen molar-refractivity contribution in [1.29, 1.82) is 0 Å². The summed E-state index contributed by atoms with van der Waals surface area (Å²) >= 11 is 0. The quantitative estimate of drug-likeness (QED) is 0.777. The summed E-state index contributed by atoms with van der Waals surface area (Å²) in [5, 5.41) is 12.6. The highest BCUT2D eigenvalue weighted by molar-refractivity contribution is 5.80. The summed E-state index contributed by atoms with van der Waals surface area (Å²) in [6.07, 6.45) is 1.16. The van der Waals surface area contributed by atoms with Crippen LogP contribution in [0, 0.1) is 0 Å². The molecular weight excluding hydrogens is 230 g/mol. The molecule has 0 saturated heterocycles. The van der Waals surface area contributed by atoms with Crippen LogP contribution in [0.15, 0.2) is 18.2 Å². The number of nitrogens with one attached hydrogen (secondary N) is 1. The Bertz CT molecular complexity index is 402. The van der Waals surface area contributed by atoms with Crippen LogP contribution in [0.3, 0.4) is 0 Å². The summed E-state index contributed by atoms with van der Waals surface area (Å²) < 4.78 is 5.02. The van der Waals surface area contributed by atoms with Crippen molar-refractivity contribution in [2.45, 2.75) is 32.7 Å². The molecule has 0 aliphatic heterocycles. The number of ketones is 1. The Labute approximate surface area is 108 Å². The lowest BCUT2D eigenvalue weighted by atomic mass is 10.1. The summed E-state index contributed by atoms with van der Waals surface area (Å²) in [4.78, 5) is 11.6. The van der Waals surface area contributed by atoms with Crippen molar-refractivity contribution in [3.8, 4) is 11.5 Å². The average Bonchev–Trinajstić information content (AvgIpc) is 2.35. The van der Waals surface area contributed by atoms with Crippen LogP contribution in [0.4, 0.5) is 0 Å². The van der Waals surface area contributed by atoms with Gasteiger partial charge in [-0.3, -0.25) is 4.79 Å². The second-order valence-corrected chi connectivity index (χ2v) is 4.58. The van der Waals surface area contributed by atoms with E-state index in [9.17, 15) is 9.90 Å². The average molecular weight is 251 g/mol. The van der Waals surface area contributed by atoms with Crippen molar-refractivity contribution in [1.82, 2.24) is 5.32 Å². The van der Waals surface area contributed by atoms with Crippen LogP contribution in [0.25, 0.3) is 0 Å². The number of aromatic hydroxyl groups is 1. The molecule has 100 valence electrons. The van der Waals surface area contributed by atoms with Crippen molar-refractivity contribution in [2.24, 2.45) is 0 Å². The minimum absolute atomic E-state index is 0.119. The summed E-state index contributed by atoms with van der Waals surface area (Å²) in [5.74, 6) is 0.755. The minimum atomic E-state index is 0.119. The van der Waals surface area contributed by atoms with E-state index < -0.39 is 0 Å². The second kappa shape index (κ2) is 7.01. The van der Waals surface area contributed by atoms with Gasteiger partial charge in [0.05, 0.1) is 13.7 Å². The number of carbonyl (C=O) groups is 1. The zero-order chi connectivity index (χ0) is 13.5. The molecule has 0 spiro atoms. The lowest BCUT2D eigenvalue weighted by Gasteiger charge is -2.08. The predicted molar refractivity (Wildman–Crippen MR) is 71.1 cm³/mol. The van der Waals surface area contributed by atoms with Crippen molar-refractivity contribution < 1.29 is 14.6 Å². The molecule has 2 N–H and O–H groups in total. The number of Topliss-reactive ketones (excluding diaryl/α,β-unsaturated/α-hetero) is 1. The molecule has 1 aromatic rings. The Balaban J connectivity index is 2.46. The van der Waals surface area contributed by atoms with Crippen LogP contribution < -0.4 is 10.1 Å². The van der Waals surface area contributed by atoms with Gasteiger partial charge >= 0.3 is 0 Å². The van der Waals surface area contributed by atoms with Crippen LogP contribution in [0.5, 0.6) is 11.5 Å². The number of benzene rings is 1. The Kier molecular flexibility index (Phi) is 5.65. The molecular formula is C14H21NO3. The summed E-state index contributed by atoms with van der Waals surface area (Å²) in [7, 11) is 1.51. The van der Waals surface area contributed by atoms with Crippen molar-refractivity contribution in [3.05, 3.63) is 23.8 Å². The van der Waals surface area contributed by atoms with Gasteiger partial charge in [-0.1, -0.05) is 19.9 Å². The number of phenols is 1. The monoisotopic (exact) mass is 251 g/mol. The highest BCUT2D eigenvalue weighted by atomic mass is 16.5. The van der Waals surface area contributed by atoms with E-state index >= 15 is 0 Å². The summed E-state index contributed by atoms with van der Waals surface area (Å²) in [6.45, 7) is 4.43. The molecule has 0 heterocycles. The molecule has 0 aliphatic rings. The smallest absolute Gasteiger partial charge is 0.160 e. The van der Waals surface area contributed by atoms with Crippen molar-refractivity contribution in [3.63, 3.8) is 0 Å². The van der Waals surface area contributed by atoms with Crippen molar-refractivity contribution >= 4 is 5.78 Å². The maximum Gasteiger partial charge on any atom is 0.160 e. The fourth-order valence-electron chi connectivity index (χ4n) is 1.57. The zero-order valence-corrected chi connectivity index (χ0v) is 11.2. The molecule has 0 radical (unpaired) electrons. The lowest BCUT2D eigenvalue weighted by Crippen LogP contribution is -2.29. The van der Waals surface area contributed by atoms with Gasteiger partial charge in [-0.25, -0.2) is 0 Å². The lowest BCUT2D eigenvalue weighted by molar-refractivity contribution is -0.118. The van der Waals surface area contributed by atoms with Gasteiger partial charge in [0, 0.05) is 12.5 Å². The molecule has 0 unspecified atom stereocenters. The standard InChI is InChI=1S/C14H21NO3/c1-10(2)15-9-12(16)6-4-11-5-7-13(17)14(8-11)18-3/h5,7-8,10,15,17H,4,6,9H2,1-3H3. The first-order chi connectivity index (χ1) is 8.52. The van der Waals surface area contributed by atoms with E-state index in [2.05, 4.69) is 5.32 Å². The molecule has 1 aromatic carbocycles. The Morgan fingerprint density at radius 3 is 2.78 bits per heavy atom. The van der Waals surface area contributed by atoms with Gasteiger partial charge in [0.25, 0.3) is 0 Å². The second-order valence-electron chi connectivity index (χ2n) is 4.58. The van der Waals surface area contributed by atoms with Gasteiger partial charge in [0.1, 0.15) is 5.78 Å². The molecule has 0 saturated carbocycles. The molecule has 0 fully saturated rings. The molecule has 0 aromatic heterocycles. The third-order valence-corrected chi connectivity index (χ3v) is 2.64. The number of methoxy groups -OCH3 is 1. The maximum absolute atomic E-state index is 11.6. The largest absolute Gasteiger partial charge is 0.504 e. The minimum Gasteiger partial charge on any atom is -0.504 e. The van der Waals surface area contributed by atoms with Gasteiger partial charge in [-0.05, 0) is 24.1 Å². The first-order valence-corrected chi connectivity index (χ1v) is 6.14. The van der Waals surface area contributed by atoms with E-state index in [-0.39, 0.29) is 11.5 Å². The molecule has 0 amide bonds. The number of phenolic OH excluding ortho intramolecular Hbond substituents is 1. The van der Waals surface area contributed by atoms with Crippen LogP contribution >= 0.6 is 0 Å². The van der Waals surface area contributed by atoms with E-state index in [1.165, 1.54) is 7.11 Å². The number of aryl methyl sites for hydroxylation is 1. The first-order valence-electron chi connectivity index (χ1n) is 6.14. The van der Waals surface area contributed by atoms with Gasteiger partial charge in [-0.15, -0.1) is 0 Å². The molecule has 0 bridgehead atoms. The van der Waals surface area contributed by atoms with Crippen LogP contribution in [-0.2, 0) is 11.2 Å². The topological polar surface area (TPSA) is 58.6 Å². The molecule has 0 aliphatic carbocycles. The third kappa shape index (κ3) is 4.75. The first kappa shape index (κ1) is 14.5. The molecule has 18 heavy (non-hydrogen) atoms. The van der Waals surface area contributed by atoms with Crippen molar-refractivity contribution in [2.75, 3.05) is 13.7 Å². The molecule has 0 atom stereocenters. The van der Waals surface area contributed by atoms with Gasteiger partial charge in [-0.2, -0.15) is 0 Å². The Morgan fingerprint density at radius 2 is 2.17 bits per heavy atom. The predicted octanol–water partition coefficient (Wildman–Crippen LogP) is 1.90. The van der Waals surface area contributed by atoms with E-state index in [1.807, 2.05) is 13.8 Å². The van der Waals surface area contributed by atoms with Crippen LogP contribution in [0.1, 0.15) is 25.8 Å². The van der Waals surface area contributed by atoms with Crippen LogP contribution in [0.2, 0.25) is 0 Å². The van der Waals surface area contributed by atoms with E-state index in [0.717, 1.165) is 5.56 Å².